The molecule has 0 unspecified atom stereocenters. The summed E-state index contributed by atoms with van der Waals surface area (Å²) in [4.78, 5) is 0. The van der Waals surface area contributed by atoms with E-state index in [2.05, 4.69) is 50.2 Å². The summed E-state index contributed by atoms with van der Waals surface area (Å²) in [6.45, 7) is 5.21. The second-order valence-electron chi connectivity index (χ2n) is 5.93. The highest BCUT2D eigenvalue weighted by molar-refractivity contribution is 5.83. The number of hydrogen-bond donors (Lipinski definition) is 0. The molecule has 0 amide bonds. The average molecular weight is 270 g/mol. The van der Waals surface area contributed by atoms with Crippen molar-refractivity contribution in [2.75, 3.05) is 13.7 Å². The Bertz CT molecular complexity index is 499. The smallest absolute Gasteiger partial charge is 0.0464 e. The standard InChI is InChI=1S/C12H12.C7H14O/c1-9-3-5-12-8-10(2)4-6-11(12)7-9;1-8-6-5-7-3-2-4-7/h3-8H,1-2H3;7H,2-6H2,1H3. The Kier molecular flexibility index (Phi) is 5.60. The molecule has 3 rings (SSSR count). The van der Waals surface area contributed by atoms with E-state index in [-0.39, 0.29) is 0 Å². The summed E-state index contributed by atoms with van der Waals surface area (Å²) in [6.07, 6.45) is 5.64. The molecule has 20 heavy (non-hydrogen) atoms. The van der Waals surface area contributed by atoms with Gasteiger partial charge in [-0.25, -0.2) is 0 Å². The first-order valence-corrected chi connectivity index (χ1v) is 7.65. The van der Waals surface area contributed by atoms with Crippen molar-refractivity contribution in [2.24, 2.45) is 5.92 Å². The second kappa shape index (κ2) is 7.44. The third-order valence-electron chi connectivity index (χ3n) is 4.11. The normalized spacial score (nSPS) is 14.6. The fourth-order valence-corrected chi connectivity index (χ4v) is 2.55. The van der Waals surface area contributed by atoms with Gasteiger partial charge in [0.2, 0.25) is 0 Å². The fraction of sp³-hybridized carbons (Fsp3) is 0.474. The molecule has 0 aliphatic heterocycles. The predicted octanol–water partition coefficient (Wildman–Crippen LogP) is 5.28. The lowest BCUT2D eigenvalue weighted by molar-refractivity contribution is 0.154. The molecule has 1 saturated carbocycles. The number of hydrogen-bond acceptors (Lipinski definition) is 1. The molecule has 0 saturated heterocycles. The topological polar surface area (TPSA) is 9.23 Å². The number of ether oxygens (including phenoxy) is 1. The molecule has 0 atom stereocenters. The zero-order chi connectivity index (χ0) is 14.4. The number of rotatable bonds is 3. The van der Waals surface area contributed by atoms with Gasteiger partial charge in [-0.1, -0.05) is 66.8 Å². The monoisotopic (exact) mass is 270 g/mol. The van der Waals surface area contributed by atoms with Gasteiger partial charge in [0, 0.05) is 13.7 Å². The van der Waals surface area contributed by atoms with Crippen molar-refractivity contribution >= 4 is 10.8 Å². The zero-order valence-electron chi connectivity index (χ0n) is 13.0. The summed E-state index contributed by atoms with van der Waals surface area (Å²) in [7, 11) is 1.78. The third kappa shape index (κ3) is 4.35. The van der Waals surface area contributed by atoms with Crippen LogP contribution in [0.4, 0.5) is 0 Å². The van der Waals surface area contributed by atoms with Crippen LogP contribution >= 0.6 is 0 Å². The van der Waals surface area contributed by atoms with E-state index in [0.717, 1.165) is 12.5 Å². The van der Waals surface area contributed by atoms with Gasteiger partial charge in [0.15, 0.2) is 0 Å². The zero-order valence-corrected chi connectivity index (χ0v) is 13.0. The molecule has 0 spiro atoms. The Labute approximate surface area is 123 Å². The highest BCUT2D eigenvalue weighted by Crippen LogP contribution is 2.28. The quantitative estimate of drug-likeness (QED) is 0.737. The van der Waals surface area contributed by atoms with Gasteiger partial charge < -0.3 is 4.74 Å². The van der Waals surface area contributed by atoms with E-state index < -0.39 is 0 Å². The van der Waals surface area contributed by atoms with Crippen LogP contribution in [-0.4, -0.2) is 13.7 Å². The van der Waals surface area contributed by atoms with Gasteiger partial charge in [-0.05, 0) is 37.0 Å². The molecule has 1 fully saturated rings. The molecule has 1 nitrogen and oxygen atoms in total. The molecule has 1 heteroatoms. The van der Waals surface area contributed by atoms with Crippen LogP contribution in [0.1, 0.15) is 36.8 Å². The van der Waals surface area contributed by atoms with Crippen LogP contribution in [0.5, 0.6) is 0 Å². The van der Waals surface area contributed by atoms with E-state index in [1.54, 1.807) is 7.11 Å². The molecule has 0 N–H and O–H groups in total. The molecule has 108 valence electrons. The first-order chi connectivity index (χ1) is 9.69. The van der Waals surface area contributed by atoms with E-state index in [4.69, 9.17) is 4.74 Å². The molecule has 1 aliphatic rings. The molecule has 0 radical (unpaired) electrons. The van der Waals surface area contributed by atoms with Crippen LogP contribution in [0.3, 0.4) is 0 Å². The SMILES string of the molecule is COCCC1CCC1.Cc1ccc2cc(C)ccc2c1. The van der Waals surface area contributed by atoms with Crippen LogP contribution in [0.15, 0.2) is 36.4 Å². The number of fused-ring (bicyclic) bond motifs is 1. The van der Waals surface area contributed by atoms with E-state index in [0.29, 0.717) is 0 Å². The van der Waals surface area contributed by atoms with E-state index in [1.807, 2.05) is 0 Å². The summed E-state index contributed by atoms with van der Waals surface area (Å²) in [6, 6.07) is 13.1. The molecule has 0 bridgehead atoms. The summed E-state index contributed by atoms with van der Waals surface area (Å²) in [5.74, 6) is 1.01. The summed E-state index contributed by atoms with van der Waals surface area (Å²) >= 11 is 0. The van der Waals surface area contributed by atoms with Gasteiger partial charge in [-0.15, -0.1) is 0 Å². The van der Waals surface area contributed by atoms with Crippen molar-refractivity contribution < 1.29 is 4.74 Å². The maximum absolute atomic E-state index is 4.95. The Morgan fingerprint density at radius 2 is 1.50 bits per heavy atom. The maximum atomic E-state index is 4.95. The molecule has 0 heterocycles. The molecule has 2 aromatic carbocycles. The molecular weight excluding hydrogens is 244 g/mol. The third-order valence-corrected chi connectivity index (χ3v) is 4.11. The van der Waals surface area contributed by atoms with Crippen LogP contribution in [-0.2, 0) is 4.74 Å². The summed E-state index contributed by atoms with van der Waals surface area (Å²) < 4.78 is 4.95. The number of benzene rings is 2. The first-order valence-electron chi connectivity index (χ1n) is 7.65. The van der Waals surface area contributed by atoms with Gasteiger partial charge in [0.05, 0.1) is 0 Å². The van der Waals surface area contributed by atoms with Crippen molar-refractivity contribution in [3.63, 3.8) is 0 Å². The van der Waals surface area contributed by atoms with Crippen LogP contribution in [0, 0.1) is 19.8 Å². The minimum absolute atomic E-state index is 0.963. The van der Waals surface area contributed by atoms with Crippen molar-refractivity contribution in [1.82, 2.24) is 0 Å². The maximum Gasteiger partial charge on any atom is 0.0464 e. The molecule has 0 aromatic heterocycles. The molecule has 2 aromatic rings. The van der Waals surface area contributed by atoms with E-state index in [9.17, 15) is 0 Å². The lowest BCUT2D eigenvalue weighted by atomic mass is 9.83. The van der Waals surface area contributed by atoms with Gasteiger partial charge in [0.1, 0.15) is 0 Å². The van der Waals surface area contributed by atoms with Crippen LogP contribution in [0.2, 0.25) is 0 Å². The van der Waals surface area contributed by atoms with Crippen molar-refractivity contribution in [2.45, 2.75) is 39.5 Å². The fourth-order valence-electron chi connectivity index (χ4n) is 2.55. The number of methoxy groups -OCH3 is 1. The minimum atomic E-state index is 0.963. The van der Waals surface area contributed by atoms with Gasteiger partial charge >= 0.3 is 0 Å². The summed E-state index contributed by atoms with van der Waals surface area (Å²) in [5.41, 5.74) is 2.65. The molecular formula is C19H26O. The second-order valence-corrected chi connectivity index (χ2v) is 5.93. The predicted molar refractivity (Wildman–Crippen MR) is 87.3 cm³/mol. The minimum Gasteiger partial charge on any atom is -0.385 e. The lowest BCUT2D eigenvalue weighted by Crippen LogP contribution is -2.12. The van der Waals surface area contributed by atoms with Gasteiger partial charge in [-0.3, -0.25) is 0 Å². The highest BCUT2D eigenvalue weighted by atomic mass is 16.5. The Hall–Kier alpha value is -1.34. The number of aryl methyl sites for hydroxylation is 2. The Morgan fingerprint density at radius 3 is 1.90 bits per heavy atom. The van der Waals surface area contributed by atoms with E-state index in [1.165, 1.54) is 47.6 Å². The van der Waals surface area contributed by atoms with E-state index >= 15 is 0 Å². The first kappa shape index (κ1) is 15.1. The lowest BCUT2D eigenvalue weighted by Gasteiger charge is -2.24. The van der Waals surface area contributed by atoms with Gasteiger partial charge in [-0.2, -0.15) is 0 Å². The van der Waals surface area contributed by atoms with Crippen molar-refractivity contribution in [1.29, 1.82) is 0 Å². The Balaban J connectivity index is 0.000000160. The largest absolute Gasteiger partial charge is 0.385 e. The van der Waals surface area contributed by atoms with Crippen molar-refractivity contribution in [3.8, 4) is 0 Å². The van der Waals surface area contributed by atoms with Gasteiger partial charge in [0.25, 0.3) is 0 Å². The average Bonchev–Trinajstić information content (AvgIpc) is 2.38. The molecule has 1 aliphatic carbocycles. The summed E-state index contributed by atoms with van der Waals surface area (Å²) in [5, 5.41) is 2.67. The Morgan fingerprint density at radius 1 is 0.950 bits per heavy atom. The highest BCUT2D eigenvalue weighted by Gasteiger charge is 2.15. The van der Waals surface area contributed by atoms with Crippen molar-refractivity contribution in [3.05, 3.63) is 47.5 Å². The van der Waals surface area contributed by atoms with Crippen LogP contribution in [0.25, 0.3) is 10.8 Å². The van der Waals surface area contributed by atoms with Crippen LogP contribution < -0.4 is 0 Å².